The topological polar surface area (TPSA) is 26.3 Å². The smallest absolute Gasteiger partial charge is 0.164 e. The van der Waals surface area contributed by atoms with Gasteiger partial charge in [0.15, 0.2) is 5.78 Å². The molecule has 0 aromatic carbocycles. The molecule has 2 heteroatoms. The molecule has 1 aliphatic carbocycles. The number of ether oxygens (including phenoxy) is 1. The van der Waals surface area contributed by atoms with Crippen LogP contribution in [-0.2, 0) is 9.53 Å². The van der Waals surface area contributed by atoms with Gasteiger partial charge in [0.1, 0.15) is 6.10 Å². The van der Waals surface area contributed by atoms with Crippen LogP contribution in [0, 0.1) is 11.8 Å². The predicted octanol–water partition coefficient (Wildman–Crippen LogP) is 2.81. The Balaban J connectivity index is 2.44. The summed E-state index contributed by atoms with van der Waals surface area (Å²) < 4.78 is 5.19. The van der Waals surface area contributed by atoms with Crippen molar-refractivity contribution in [2.24, 2.45) is 11.8 Å². The molecule has 0 amide bonds. The number of hydrogen-bond acceptors (Lipinski definition) is 2. The highest BCUT2D eigenvalue weighted by Gasteiger charge is 2.28. The molecule has 1 unspecified atom stereocenters. The van der Waals surface area contributed by atoms with Crippen LogP contribution in [0.25, 0.3) is 0 Å². The van der Waals surface area contributed by atoms with E-state index >= 15 is 0 Å². The lowest BCUT2D eigenvalue weighted by molar-refractivity contribution is -0.134. The maximum absolute atomic E-state index is 11.9. The van der Waals surface area contributed by atoms with E-state index in [9.17, 15) is 4.79 Å². The average Bonchev–Trinajstić information content (AvgIpc) is 2.20. The van der Waals surface area contributed by atoms with E-state index in [1.165, 1.54) is 12.8 Å². The van der Waals surface area contributed by atoms with E-state index in [2.05, 4.69) is 6.92 Å². The summed E-state index contributed by atoms with van der Waals surface area (Å²) in [5.41, 5.74) is 0. The van der Waals surface area contributed by atoms with Gasteiger partial charge in [-0.25, -0.2) is 0 Å². The molecule has 0 radical (unpaired) electrons. The van der Waals surface area contributed by atoms with Gasteiger partial charge in [0.05, 0.1) is 0 Å². The van der Waals surface area contributed by atoms with Gasteiger partial charge in [-0.1, -0.05) is 26.7 Å². The molecule has 14 heavy (non-hydrogen) atoms. The van der Waals surface area contributed by atoms with Gasteiger partial charge in [-0.2, -0.15) is 0 Å². The number of rotatable bonds is 4. The van der Waals surface area contributed by atoms with E-state index in [0.717, 1.165) is 25.2 Å². The normalized spacial score (nSPS) is 29.9. The van der Waals surface area contributed by atoms with Gasteiger partial charge < -0.3 is 4.74 Å². The van der Waals surface area contributed by atoms with Crippen LogP contribution in [0.2, 0.25) is 0 Å². The van der Waals surface area contributed by atoms with E-state index in [1.54, 1.807) is 7.11 Å². The average molecular weight is 198 g/mol. The van der Waals surface area contributed by atoms with Crippen molar-refractivity contribution in [3.63, 3.8) is 0 Å². The van der Waals surface area contributed by atoms with Gasteiger partial charge in [-0.05, 0) is 25.2 Å². The number of carbonyl (C=O) groups excluding carboxylic acids is 1. The molecule has 0 bridgehead atoms. The number of Topliss-reactive ketones (excluding diaryl/α,β-unsaturated/α-hetero) is 1. The summed E-state index contributed by atoms with van der Waals surface area (Å²) in [5, 5.41) is 0. The molecule has 0 aromatic rings. The number of carbonyl (C=O) groups is 1. The zero-order chi connectivity index (χ0) is 10.6. The molecule has 0 saturated heterocycles. The quantitative estimate of drug-likeness (QED) is 0.694. The molecule has 2 nitrogen and oxygen atoms in total. The van der Waals surface area contributed by atoms with Gasteiger partial charge in [-0.3, -0.25) is 4.79 Å². The third kappa shape index (κ3) is 2.81. The zero-order valence-electron chi connectivity index (χ0n) is 9.58. The van der Waals surface area contributed by atoms with Crippen molar-refractivity contribution in [2.45, 2.75) is 52.1 Å². The van der Waals surface area contributed by atoms with E-state index in [4.69, 9.17) is 4.74 Å². The highest BCUT2D eigenvalue weighted by Crippen LogP contribution is 2.30. The monoisotopic (exact) mass is 198 g/mol. The minimum atomic E-state index is -0.159. The largest absolute Gasteiger partial charge is 0.374 e. The van der Waals surface area contributed by atoms with Gasteiger partial charge in [0.25, 0.3) is 0 Å². The predicted molar refractivity (Wildman–Crippen MR) is 57.2 cm³/mol. The lowest BCUT2D eigenvalue weighted by atomic mass is 9.79. The molecule has 1 rings (SSSR count). The second kappa shape index (κ2) is 5.50. The number of ketones is 1. The Morgan fingerprint density at radius 3 is 2.36 bits per heavy atom. The minimum Gasteiger partial charge on any atom is -0.374 e. The summed E-state index contributed by atoms with van der Waals surface area (Å²) >= 11 is 0. The van der Waals surface area contributed by atoms with Crippen LogP contribution in [-0.4, -0.2) is 19.0 Å². The fourth-order valence-electron chi connectivity index (χ4n) is 2.29. The number of methoxy groups -OCH3 is 1. The van der Waals surface area contributed by atoms with Crippen molar-refractivity contribution >= 4 is 5.78 Å². The van der Waals surface area contributed by atoms with Crippen LogP contribution in [0.15, 0.2) is 0 Å². The Morgan fingerprint density at radius 1 is 1.36 bits per heavy atom. The van der Waals surface area contributed by atoms with E-state index in [1.807, 2.05) is 6.92 Å². The molecule has 0 N–H and O–H groups in total. The third-order valence-corrected chi connectivity index (χ3v) is 3.39. The highest BCUT2D eigenvalue weighted by atomic mass is 16.5. The van der Waals surface area contributed by atoms with Gasteiger partial charge >= 0.3 is 0 Å². The van der Waals surface area contributed by atoms with Gasteiger partial charge in [0.2, 0.25) is 0 Å². The Bertz CT molecular complexity index is 177. The number of hydrogen-bond donors (Lipinski definition) is 0. The molecule has 1 saturated carbocycles. The fourth-order valence-corrected chi connectivity index (χ4v) is 2.29. The minimum absolute atomic E-state index is 0.159. The van der Waals surface area contributed by atoms with Crippen molar-refractivity contribution in [3.8, 4) is 0 Å². The van der Waals surface area contributed by atoms with E-state index in [0.29, 0.717) is 5.78 Å². The molecule has 0 spiro atoms. The highest BCUT2D eigenvalue weighted by molar-refractivity contribution is 5.85. The Morgan fingerprint density at radius 2 is 1.93 bits per heavy atom. The molecular formula is C12H22O2. The summed E-state index contributed by atoms with van der Waals surface area (Å²) in [6, 6.07) is 0. The molecule has 82 valence electrons. The van der Waals surface area contributed by atoms with Crippen molar-refractivity contribution in [1.82, 2.24) is 0 Å². The van der Waals surface area contributed by atoms with E-state index in [-0.39, 0.29) is 12.0 Å². The van der Waals surface area contributed by atoms with E-state index < -0.39 is 0 Å². The van der Waals surface area contributed by atoms with Crippen molar-refractivity contribution < 1.29 is 9.53 Å². The summed E-state index contributed by atoms with van der Waals surface area (Å²) in [7, 11) is 1.64. The first-order chi connectivity index (χ1) is 6.69. The molecule has 1 atom stereocenters. The first kappa shape index (κ1) is 11.7. The van der Waals surface area contributed by atoms with Crippen LogP contribution in [0.4, 0.5) is 0 Å². The Kier molecular flexibility index (Phi) is 4.59. The summed E-state index contributed by atoms with van der Waals surface area (Å²) in [6.07, 6.45) is 5.20. The Hall–Kier alpha value is -0.370. The van der Waals surface area contributed by atoms with Crippen LogP contribution in [0.5, 0.6) is 0 Å². The lowest BCUT2D eigenvalue weighted by Gasteiger charge is -2.27. The second-order valence-electron chi connectivity index (χ2n) is 4.49. The van der Waals surface area contributed by atoms with Crippen LogP contribution in [0.1, 0.15) is 46.0 Å². The van der Waals surface area contributed by atoms with Gasteiger partial charge in [0, 0.05) is 13.0 Å². The fraction of sp³-hybridized carbons (Fsp3) is 0.917. The summed E-state index contributed by atoms with van der Waals surface area (Å²) in [5.74, 6) is 1.42. The van der Waals surface area contributed by atoms with Crippen LogP contribution >= 0.6 is 0 Å². The molecule has 1 fully saturated rings. The molecule has 0 aromatic heterocycles. The maximum Gasteiger partial charge on any atom is 0.164 e. The Labute approximate surface area is 87.0 Å². The summed E-state index contributed by atoms with van der Waals surface area (Å²) in [6.45, 7) is 4.28. The van der Waals surface area contributed by atoms with Crippen LogP contribution < -0.4 is 0 Å². The SMILES string of the molecule is CCC(OC)C(=O)C1CCC(C)CC1. The van der Waals surface area contributed by atoms with Crippen molar-refractivity contribution in [3.05, 3.63) is 0 Å². The van der Waals surface area contributed by atoms with Crippen molar-refractivity contribution in [2.75, 3.05) is 7.11 Å². The molecule has 0 heterocycles. The van der Waals surface area contributed by atoms with Gasteiger partial charge in [-0.15, -0.1) is 0 Å². The second-order valence-corrected chi connectivity index (χ2v) is 4.49. The molecule has 1 aliphatic rings. The standard InChI is InChI=1S/C12H22O2/c1-4-11(14-3)12(13)10-7-5-9(2)6-8-10/h9-11H,4-8H2,1-3H3. The van der Waals surface area contributed by atoms with Crippen LogP contribution in [0.3, 0.4) is 0 Å². The zero-order valence-corrected chi connectivity index (χ0v) is 9.58. The third-order valence-electron chi connectivity index (χ3n) is 3.39. The molecular weight excluding hydrogens is 176 g/mol. The molecule has 0 aliphatic heterocycles. The lowest BCUT2D eigenvalue weighted by Crippen LogP contribution is -2.31. The van der Waals surface area contributed by atoms with Crippen molar-refractivity contribution in [1.29, 1.82) is 0 Å². The maximum atomic E-state index is 11.9. The summed E-state index contributed by atoms with van der Waals surface area (Å²) in [4.78, 5) is 11.9. The first-order valence-electron chi connectivity index (χ1n) is 5.75. The first-order valence-corrected chi connectivity index (χ1v) is 5.75.